The molecule has 1 N–H and O–H groups in total. The zero-order valence-electron chi connectivity index (χ0n) is 11.8. The Hall–Kier alpha value is -1.45. The summed E-state index contributed by atoms with van der Waals surface area (Å²) in [6, 6.07) is 4.12. The minimum atomic E-state index is -3.94. The van der Waals surface area contributed by atoms with Crippen molar-refractivity contribution in [2.24, 2.45) is 0 Å². The van der Waals surface area contributed by atoms with Crippen LogP contribution in [0.4, 0.5) is 0 Å². The topological polar surface area (TPSA) is 109 Å². The van der Waals surface area contributed by atoms with Gasteiger partial charge in [-0.3, -0.25) is 4.79 Å². The molecule has 1 unspecified atom stereocenters. The molecule has 7 nitrogen and oxygen atoms in total. The maximum atomic E-state index is 12.2. The van der Waals surface area contributed by atoms with Gasteiger partial charge in [0.25, 0.3) is 0 Å². The van der Waals surface area contributed by atoms with E-state index < -0.39 is 31.9 Å². The number of sulfone groups is 1. The Labute approximate surface area is 124 Å². The van der Waals surface area contributed by atoms with E-state index in [-0.39, 0.29) is 10.6 Å². The molecule has 0 bridgehead atoms. The number of sulfonamides is 1. The number of nitrogens with zero attached hydrogens (tertiary/aromatic N) is 1. The number of benzene rings is 1. The Morgan fingerprint density at radius 2 is 1.67 bits per heavy atom. The summed E-state index contributed by atoms with van der Waals surface area (Å²) in [6.45, 7) is 1.26. The van der Waals surface area contributed by atoms with Crippen LogP contribution < -0.4 is 0 Å². The minimum absolute atomic E-state index is 0.0876. The molecule has 0 aliphatic rings. The van der Waals surface area contributed by atoms with E-state index in [4.69, 9.17) is 5.11 Å². The van der Waals surface area contributed by atoms with Crippen molar-refractivity contribution >= 4 is 25.8 Å². The van der Waals surface area contributed by atoms with E-state index in [2.05, 4.69) is 0 Å². The van der Waals surface area contributed by atoms with Crippen molar-refractivity contribution in [3.8, 4) is 0 Å². The van der Waals surface area contributed by atoms with Gasteiger partial charge >= 0.3 is 5.97 Å². The van der Waals surface area contributed by atoms with Gasteiger partial charge in [0.1, 0.15) is 6.04 Å². The fourth-order valence-electron chi connectivity index (χ4n) is 1.59. The van der Waals surface area contributed by atoms with E-state index in [9.17, 15) is 21.6 Å². The summed E-state index contributed by atoms with van der Waals surface area (Å²) in [6.07, 6.45) is 1.08. The predicted octanol–water partition coefficient (Wildman–Crippen LogP) is 0.325. The summed E-state index contributed by atoms with van der Waals surface area (Å²) in [5.41, 5.74) is 0.463. The standard InChI is InChI=1S/C12H17NO6S2/c1-9(12(14)15)13(2)21(18,19)11-6-4-10(5-7-11)8-20(3,16)17/h4-7,9H,8H2,1-3H3,(H,14,15). The summed E-state index contributed by atoms with van der Waals surface area (Å²) in [5.74, 6) is -1.44. The number of hydrogen-bond acceptors (Lipinski definition) is 5. The lowest BCUT2D eigenvalue weighted by Crippen LogP contribution is -2.40. The van der Waals surface area contributed by atoms with Gasteiger partial charge in [-0.2, -0.15) is 4.31 Å². The molecule has 0 saturated heterocycles. The first-order chi connectivity index (χ1) is 9.45. The number of carboxylic acids is 1. The fourth-order valence-corrected chi connectivity index (χ4v) is 3.71. The van der Waals surface area contributed by atoms with Crippen molar-refractivity contribution in [2.75, 3.05) is 13.3 Å². The van der Waals surface area contributed by atoms with E-state index in [1.54, 1.807) is 0 Å². The molecule has 1 rings (SSSR count). The maximum absolute atomic E-state index is 12.2. The number of aliphatic carboxylic acids is 1. The predicted molar refractivity (Wildman–Crippen MR) is 77.0 cm³/mol. The number of rotatable bonds is 6. The molecule has 1 aromatic rings. The highest BCUT2D eigenvalue weighted by atomic mass is 32.2. The molecule has 118 valence electrons. The molecule has 0 saturated carbocycles. The summed E-state index contributed by atoms with van der Waals surface area (Å²) >= 11 is 0. The normalized spacial score (nSPS) is 14.1. The maximum Gasteiger partial charge on any atom is 0.321 e. The van der Waals surface area contributed by atoms with E-state index in [0.717, 1.165) is 10.6 Å². The average molecular weight is 335 g/mol. The molecule has 9 heteroatoms. The highest BCUT2D eigenvalue weighted by molar-refractivity contribution is 7.90. The van der Waals surface area contributed by atoms with Crippen molar-refractivity contribution in [3.05, 3.63) is 29.8 Å². The summed E-state index contributed by atoms with van der Waals surface area (Å²) in [7, 11) is -5.97. The van der Waals surface area contributed by atoms with Gasteiger partial charge in [-0.1, -0.05) is 12.1 Å². The highest BCUT2D eigenvalue weighted by Gasteiger charge is 2.29. The molecule has 1 aromatic carbocycles. The van der Waals surface area contributed by atoms with Crippen molar-refractivity contribution in [2.45, 2.75) is 23.6 Å². The Morgan fingerprint density at radius 1 is 1.19 bits per heavy atom. The van der Waals surface area contributed by atoms with Gasteiger partial charge in [-0.15, -0.1) is 0 Å². The van der Waals surface area contributed by atoms with Crippen LogP contribution in [0, 0.1) is 0 Å². The van der Waals surface area contributed by atoms with Gasteiger partial charge in [0.05, 0.1) is 10.6 Å². The van der Waals surface area contributed by atoms with Gasteiger partial charge in [0, 0.05) is 13.3 Å². The van der Waals surface area contributed by atoms with Crippen LogP contribution in [0.1, 0.15) is 12.5 Å². The average Bonchev–Trinajstić information content (AvgIpc) is 2.35. The first kappa shape index (κ1) is 17.6. The lowest BCUT2D eigenvalue weighted by molar-refractivity contribution is -0.140. The molecule has 0 spiro atoms. The van der Waals surface area contributed by atoms with Crippen molar-refractivity contribution in [1.82, 2.24) is 4.31 Å². The van der Waals surface area contributed by atoms with Gasteiger partial charge in [-0.25, -0.2) is 16.8 Å². The lowest BCUT2D eigenvalue weighted by Gasteiger charge is -2.21. The van der Waals surface area contributed by atoms with Crippen LogP contribution in [0.5, 0.6) is 0 Å². The Kier molecular flexibility index (Phi) is 5.13. The third-order valence-electron chi connectivity index (χ3n) is 2.93. The third kappa shape index (κ3) is 4.51. The van der Waals surface area contributed by atoms with Crippen LogP contribution in [-0.4, -0.2) is 51.6 Å². The quantitative estimate of drug-likeness (QED) is 0.802. The van der Waals surface area contributed by atoms with E-state index in [1.807, 2.05) is 0 Å². The zero-order chi connectivity index (χ0) is 16.4. The third-order valence-corrected chi connectivity index (χ3v) is 5.73. The van der Waals surface area contributed by atoms with Crippen LogP contribution in [0.2, 0.25) is 0 Å². The first-order valence-electron chi connectivity index (χ1n) is 5.92. The second kappa shape index (κ2) is 6.12. The summed E-state index contributed by atoms with van der Waals surface area (Å²) in [5, 5.41) is 8.86. The van der Waals surface area contributed by atoms with Crippen LogP contribution >= 0.6 is 0 Å². The molecule has 0 aromatic heterocycles. The van der Waals surface area contributed by atoms with Crippen LogP contribution in [-0.2, 0) is 30.4 Å². The molecule has 0 aliphatic carbocycles. The molecule has 0 amide bonds. The smallest absolute Gasteiger partial charge is 0.321 e. The van der Waals surface area contributed by atoms with Gasteiger partial charge in [0.15, 0.2) is 9.84 Å². The van der Waals surface area contributed by atoms with Crippen molar-refractivity contribution < 1.29 is 26.7 Å². The summed E-state index contributed by atoms with van der Waals surface area (Å²) in [4.78, 5) is 10.8. The number of likely N-dealkylation sites (N-methyl/N-ethyl adjacent to an activating group) is 1. The second-order valence-corrected chi connectivity index (χ2v) is 8.89. The van der Waals surface area contributed by atoms with Crippen LogP contribution in [0.3, 0.4) is 0 Å². The first-order valence-corrected chi connectivity index (χ1v) is 9.42. The second-order valence-electron chi connectivity index (χ2n) is 4.75. The molecule has 0 heterocycles. The van der Waals surface area contributed by atoms with Gasteiger partial charge < -0.3 is 5.11 Å². The molecular weight excluding hydrogens is 318 g/mol. The van der Waals surface area contributed by atoms with Gasteiger partial charge in [0.2, 0.25) is 10.0 Å². The number of carboxylic acid groups (broad SMARTS) is 1. The molecule has 0 radical (unpaired) electrons. The molecule has 0 aliphatic heterocycles. The molecule has 21 heavy (non-hydrogen) atoms. The Balaban J connectivity index is 3.08. The highest BCUT2D eigenvalue weighted by Crippen LogP contribution is 2.18. The summed E-state index contributed by atoms with van der Waals surface area (Å²) < 4.78 is 47.5. The van der Waals surface area contributed by atoms with Crippen molar-refractivity contribution in [1.29, 1.82) is 0 Å². The molecule has 1 atom stereocenters. The van der Waals surface area contributed by atoms with Crippen LogP contribution in [0.25, 0.3) is 0 Å². The monoisotopic (exact) mass is 335 g/mol. The van der Waals surface area contributed by atoms with E-state index in [0.29, 0.717) is 5.56 Å². The minimum Gasteiger partial charge on any atom is -0.480 e. The number of carbonyl (C=O) groups is 1. The SMILES string of the molecule is CC(C(=O)O)N(C)S(=O)(=O)c1ccc(CS(C)(=O)=O)cc1. The lowest BCUT2D eigenvalue weighted by atomic mass is 10.2. The van der Waals surface area contributed by atoms with Crippen molar-refractivity contribution in [3.63, 3.8) is 0 Å². The number of hydrogen-bond donors (Lipinski definition) is 1. The Bertz CT molecular complexity index is 722. The van der Waals surface area contributed by atoms with Gasteiger partial charge in [-0.05, 0) is 24.6 Å². The molecule has 0 fully saturated rings. The molecular formula is C12H17NO6S2. The van der Waals surface area contributed by atoms with Crippen LogP contribution in [0.15, 0.2) is 29.2 Å². The largest absolute Gasteiger partial charge is 0.480 e. The van der Waals surface area contributed by atoms with E-state index in [1.165, 1.54) is 38.2 Å². The van der Waals surface area contributed by atoms with E-state index >= 15 is 0 Å². The Morgan fingerprint density at radius 3 is 2.05 bits per heavy atom. The zero-order valence-corrected chi connectivity index (χ0v) is 13.5. The fraction of sp³-hybridized carbons (Fsp3) is 0.417.